The Morgan fingerprint density at radius 1 is 1.33 bits per heavy atom. The number of rotatable bonds is 4. The normalized spacial score (nSPS) is 11.3. The third-order valence-electron chi connectivity index (χ3n) is 1.55. The number of nitro benzene ring substituents is 1. The van der Waals surface area contributed by atoms with Crippen LogP contribution in [0.15, 0.2) is 29.2 Å². The maximum absolute atomic E-state index is 11.3. The molecule has 82 valence electrons. The van der Waals surface area contributed by atoms with E-state index in [0.717, 1.165) is 31.4 Å². The van der Waals surface area contributed by atoms with Gasteiger partial charge in [-0.25, -0.2) is 8.42 Å². The highest BCUT2D eigenvalue weighted by Gasteiger charge is 2.14. The van der Waals surface area contributed by atoms with E-state index in [-0.39, 0.29) is 10.6 Å². The van der Waals surface area contributed by atoms with Gasteiger partial charge in [0.15, 0.2) is 0 Å². The van der Waals surface area contributed by atoms with Gasteiger partial charge in [-0.15, -0.1) is 0 Å². The molecule has 0 radical (unpaired) electrons. The Morgan fingerprint density at radius 3 is 2.27 bits per heavy atom. The Morgan fingerprint density at radius 2 is 1.87 bits per heavy atom. The van der Waals surface area contributed by atoms with E-state index in [2.05, 4.69) is 4.84 Å². The molecule has 1 rings (SSSR count). The second-order valence-corrected chi connectivity index (χ2v) is 4.19. The molecular weight excluding hydrogens is 224 g/mol. The number of hydrogen-bond acceptors (Lipinski definition) is 5. The van der Waals surface area contributed by atoms with Gasteiger partial charge in [-0.3, -0.25) is 15.0 Å². The Labute approximate surface area is 85.8 Å². The van der Waals surface area contributed by atoms with Crippen LogP contribution in [0.25, 0.3) is 0 Å². The van der Waals surface area contributed by atoms with E-state index < -0.39 is 14.9 Å². The quantitative estimate of drug-likeness (QED) is 0.599. The molecule has 0 aromatic heterocycles. The number of nitrogens with one attached hydrogen (secondary N) is 1. The Hall–Kier alpha value is -1.51. The van der Waals surface area contributed by atoms with E-state index in [1.807, 2.05) is 0 Å². The van der Waals surface area contributed by atoms with E-state index in [1.54, 1.807) is 4.89 Å². The number of hydrogen-bond donors (Lipinski definition) is 1. The first kappa shape index (κ1) is 11.6. The monoisotopic (exact) mass is 232 g/mol. The molecule has 1 aromatic carbocycles. The summed E-state index contributed by atoms with van der Waals surface area (Å²) in [6.07, 6.45) is 0. The summed E-state index contributed by atoms with van der Waals surface area (Å²) in [6.45, 7) is 0. The standard InChI is InChI=1S/C7H8N2O5S/c1-14-8-15(12,13)7-4-2-6(3-5-7)9(10)11/h2-5,8H,1H3. The molecule has 0 aliphatic carbocycles. The molecule has 0 unspecified atom stereocenters. The van der Waals surface area contributed by atoms with Crippen molar-refractivity contribution in [2.45, 2.75) is 4.90 Å². The first-order valence-electron chi connectivity index (χ1n) is 3.76. The van der Waals surface area contributed by atoms with Gasteiger partial charge in [0, 0.05) is 12.1 Å². The lowest BCUT2D eigenvalue weighted by molar-refractivity contribution is -0.384. The topological polar surface area (TPSA) is 98.5 Å². The molecule has 0 atom stereocenters. The molecule has 1 aromatic rings. The number of nitro groups is 1. The molecule has 0 aliphatic heterocycles. The first-order valence-corrected chi connectivity index (χ1v) is 5.25. The van der Waals surface area contributed by atoms with E-state index in [0.29, 0.717) is 0 Å². The van der Waals surface area contributed by atoms with Crippen molar-refractivity contribution < 1.29 is 18.2 Å². The zero-order valence-corrected chi connectivity index (χ0v) is 8.52. The minimum atomic E-state index is -3.75. The van der Waals surface area contributed by atoms with Gasteiger partial charge >= 0.3 is 0 Å². The molecule has 0 amide bonds. The van der Waals surface area contributed by atoms with Crippen LogP contribution in [-0.2, 0) is 14.9 Å². The van der Waals surface area contributed by atoms with Crippen LogP contribution in [0.5, 0.6) is 0 Å². The fraction of sp³-hybridized carbons (Fsp3) is 0.143. The SMILES string of the molecule is CONS(=O)(=O)c1ccc([N+](=O)[O-])cc1. The Kier molecular flexibility index (Phi) is 3.35. The Bertz CT molecular complexity index is 453. The fourth-order valence-electron chi connectivity index (χ4n) is 0.905. The predicted octanol–water partition coefficient (Wildman–Crippen LogP) is 0.434. The molecule has 15 heavy (non-hydrogen) atoms. The van der Waals surface area contributed by atoms with Crippen molar-refractivity contribution >= 4 is 15.7 Å². The molecule has 8 heteroatoms. The van der Waals surface area contributed by atoms with Crippen molar-refractivity contribution in [3.8, 4) is 0 Å². The van der Waals surface area contributed by atoms with Gasteiger partial charge in [-0.2, -0.15) is 0 Å². The van der Waals surface area contributed by atoms with E-state index in [4.69, 9.17) is 0 Å². The lowest BCUT2D eigenvalue weighted by Gasteiger charge is -2.02. The average Bonchev–Trinajstić information content (AvgIpc) is 2.18. The zero-order chi connectivity index (χ0) is 11.5. The van der Waals surface area contributed by atoms with Crippen LogP contribution in [0.1, 0.15) is 0 Å². The van der Waals surface area contributed by atoms with E-state index >= 15 is 0 Å². The summed E-state index contributed by atoms with van der Waals surface area (Å²) in [7, 11) is -2.59. The fourth-order valence-corrected chi connectivity index (χ4v) is 1.71. The predicted molar refractivity (Wildman–Crippen MR) is 50.4 cm³/mol. The van der Waals surface area contributed by atoms with Gasteiger partial charge in [-0.1, -0.05) is 4.89 Å². The molecule has 0 saturated heterocycles. The lowest BCUT2D eigenvalue weighted by atomic mass is 10.3. The highest BCUT2D eigenvalue weighted by molar-refractivity contribution is 7.89. The van der Waals surface area contributed by atoms with Crippen molar-refractivity contribution in [1.29, 1.82) is 0 Å². The Balaban J connectivity index is 3.04. The summed E-state index contributed by atoms with van der Waals surface area (Å²) in [5, 5.41) is 10.3. The molecule has 0 saturated carbocycles. The second kappa shape index (κ2) is 4.34. The van der Waals surface area contributed by atoms with Crippen molar-refractivity contribution in [3.05, 3.63) is 34.4 Å². The van der Waals surface area contributed by atoms with E-state index in [9.17, 15) is 18.5 Å². The third kappa shape index (κ3) is 2.72. The van der Waals surface area contributed by atoms with Crippen LogP contribution in [0.2, 0.25) is 0 Å². The second-order valence-electron chi connectivity index (χ2n) is 2.54. The molecule has 7 nitrogen and oxygen atoms in total. The molecular formula is C7H8N2O5S. The highest BCUT2D eigenvalue weighted by atomic mass is 32.2. The van der Waals surface area contributed by atoms with Gasteiger partial charge < -0.3 is 0 Å². The van der Waals surface area contributed by atoms with Crippen LogP contribution in [0.4, 0.5) is 5.69 Å². The molecule has 0 aliphatic rings. The lowest BCUT2D eigenvalue weighted by Crippen LogP contribution is -2.22. The van der Waals surface area contributed by atoms with Gasteiger partial charge in [0.05, 0.1) is 16.9 Å². The van der Waals surface area contributed by atoms with Crippen LogP contribution >= 0.6 is 0 Å². The zero-order valence-electron chi connectivity index (χ0n) is 7.71. The number of sulfonamides is 1. The van der Waals surface area contributed by atoms with E-state index in [1.165, 1.54) is 0 Å². The minimum Gasteiger partial charge on any atom is -0.290 e. The van der Waals surface area contributed by atoms with Gasteiger partial charge in [0.1, 0.15) is 0 Å². The van der Waals surface area contributed by atoms with Crippen LogP contribution in [0, 0.1) is 10.1 Å². The molecule has 0 heterocycles. The molecule has 0 bridgehead atoms. The summed E-state index contributed by atoms with van der Waals surface area (Å²) in [4.78, 5) is 15.6. The summed E-state index contributed by atoms with van der Waals surface area (Å²) in [5.74, 6) is 0. The summed E-state index contributed by atoms with van der Waals surface area (Å²) >= 11 is 0. The number of non-ortho nitro benzene ring substituents is 1. The maximum Gasteiger partial charge on any atom is 0.269 e. The van der Waals surface area contributed by atoms with Crippen LogP contribution in [0.3, 0.4) is 0 Å². The highest BCUT2D eigenvalue weighted by Crippen LogP contribution is 2.15. The van der Waals surface area contributed by atoms with Gasteiger partial charge in [-0.05, 0) is 12.1 Å². The largest absolute Gasteiger partial charge is 0.290 e. The van der Waals surface area contributed by atoms with Crippen molar-refractivity contribution in [2.75, 3.05) is 7.11 Å². The smallest absolute Gasteiger partial charge is 0.269 e. The van der Waals surface area contributed by atoms with Crippen LogP contribution in [-0.4, -0.2) is 20.5 Å². The molecule has 1 N–H and O–H groups in total. The van der Waals surface area contributed by atoms with Crippen LogP contribution < -0.4 is 4.89 Å². The molecule has 0 spiro atoms. The molecule has 0 fully saturated rings. The van der Waals surface area contributed by atoms with Gasteiger partial charge in [0.25, 0.3) is 15.7 Å². The first-order chi connectivity index (χ1) is 6.97. The van der Waals surface area contributed by atoms with Crippen molar-refractivity contribution in [2.24, 2.45) is 0 Å². The summed E-state index contributed by atoms with van der Waals surface area (Å²) in [5.41, 5.74) is -0.175. The summed E-state index contributed by atoms with van der Waals surface area (Å²) < 4.78 is 22.6. The minimum absolute atomic E-state index is 0.102. The van der Waals surface area contributed by atoms with Crippen molar-refractivity contribution in [1.82, 2.24) is 4.89 Å². The van der Waals surface area contributed by atoms with Crippen molar-refractivity contribution in [3.63, 3.8) is 0 Å². The number of benzene rings is 1. The maximum atomic E-state index is 11.3. The third-order valence-corrected chi connectivity index (χ3v) is 2.83. The average molecular weight is 232 g/mol. The number of nitrogens with zero attached hydrogens (tertiary/aromatic N) is 1. The summed E-state index contributed by atoms with van der Waals surface area (Å²) in [6, 6.07) is 4.45. The van der Waals surface area contributed by atoms with Gasteiger partial charge in [0.2, 0.25) is 0 Å².